The van der Waals surface area contributed by atoms with Crippen LogP contribution in [0.4, 0.5) is 5.69 Å². The van der Waals surface area contributed by atoms with Crippen LogP contribution in [0.15, 0.2) is 54.6 Å². The summed E-state index contributed by atoms with van der Waals surface area (Å²) in [7, 11) is 4.29. The monoisotopic (exact) mass is 370 g/mol. The summed E-state index contributed by atoms with van der Waals surface area (Å²) in [5.74, 6) is 0. The summed E-state index contributed by atoms with van der Waals surface area (Å²) in [6, 6.07) is 19.1. The average molecular weight is 371 g/mol. The van der Waals surface area contributed by atoms with Crippen LogP contribution >= 0.6 is 0 Å². The van der Waals surface area contributed by atoms with Crippen LogP contribution in [-0.2, 0) is 0 Å². The summed E-state index contributed by atoms with van der Waals surface area (Å²) < 4.78 is 0. The fourth-order valence-corrected chi connectivity index (χ4v) is 3.86. The zero-order valence-electron chi connectivity index (χ0n) is 17.3. The molecule has 1 N–H and O–H groups in total. The van der Waals surface area contributed by atoms with Gasteiger partial charge in [-0.3, -0.25) is 0 Å². The molecular weight excluding hydrogens is 332 g/mol. The number of hydrogen-bond acceptors (Lipinski definition) is 3. The number of likely N-dealkylation sites (N-methyl/N-ethyl adjacent to an activating group) is 1. The number of aliphatic hydroxyl groups excluding tert-OH is 1. The molecule has 2 rings (SSSR count). The SMILES string of the molecule is CN(CC(O)CCN(C)C1CCCCCCC1)c1ccccccccc1. The van der Waals surface area contributed by atoms with Gasteiger partial charge in [0.15, 0.2) is 0 Å². The van der Waals surface area contributed by atoms with Gasteiger partial charge in [-0.25, -0.2) is 0 Å². The molecule has 0 aromatic heterocycles. The molecule has 0 spiro atoms. The molecule has 1 aromatic rings. The van der Waals surface area contributed by atoms with Gasteiger partial charge < -0.3 is 14.9 Å². The fraction of sp³-hybridized carbons (Fsp3) is 0.583. The van der Waals surface area contributed by atoms with E-state index >= 15 is 0 Å². The van der Waals surface area contributed by atoms with Gasteiger partial charge in [-0.1, -0.05) is 74.6 Å². The Kier molecular flexibility index (Phi) is 10.3. The van der Waals surface area contributed by atoms with Gasteiger partial charge in [0, 0.05) is 31.9 Å². The lowest BCUT2D eigenvalue weighted by Gasteiger charge is -2.31. The normalized spacial score (nSPS) is 16.9. The quantitative estimate of drug-likeness (QED) is 0.728. The highest BCUT2D eigenvalue weighted by molar-refractivity contribution is 5.43. The number of rotatable bonds is 7. The minimum absolute atomic E-state index is 0.310. The Balaban J connectivity index is 1.83. The maximum Gasteiger partial charge on any atom is 0.0727 e. The Morgan fingerprint density at radius 2 is 1.37 bits per heavy atom. The molecule has 3 nitrogen and oxygen atoms in total. The van der Waals surface area contributed by atoms with E-state index in [-0.39, 0.29) is 6.10 Å². The summed E-state index contributed by atoms with van der Waals surface area (Å²) in [5, 5.41) is 10.6. The topological polar surface area (TPSA) is 26.7 Å². The van der Waals surface area contributed by atoms with Gasteiger partial charge in [0.1, 0.15) is 0 Å². The number of hydrogen-bond donors (Lipinski definition) is 1. The molecule has 27 heavy (non-hydrogen) atoms. The second-order valence-electron chi connectivity index (χ2n) is 7.91. The molecule has 1 unspecified atom stereocenters. The predicted octanol–water partition coefficient (Wildman–Crippen LogP) is 5.04. The van der Waals surface area contributed by atoms with Crippen molar-refractivity contribution in [1.29, 1.82) is 0 Å². The number of aliphatic hydroxyl groups is 1. The molecule has 0 radical (unpaired) electrons. The van der Waals surface area contributed by atoms with Gasteiger partial charge in [-0.05, 0) is 38.4 Å². The molecule has 0 amide bonds. The predicted molar refractivity (Wildman–Crippen MR) is 117 cm³/mol. The number of anilines is 1. The highest BCUT2D eigenvalue weighted by atomic mass is 16.3. The first kappa shape index (κ1) is 21.7. The molecule has 0 aliphatic heterocycles. The number of nitrogens with zero attached hydrogens (tertiary/aromatic N) is 2. The van der Waals surface area contributed by atoms with Crippen molar-refractivity contribution in [3.05, 3.63) is 54.6 Å². The molecule has 1 aromatic carbocycles. The lowest BCUT2D eigenvalue weighted by Crippen LogP contribution is -2.36. The van der Waals surface area contributed by atoms with Crippen LogP contribution in [0, 0.1) is 0 Å². The van der Waals surface area contributed by atoms with Crippen LogP contribution in [0.2, 0.25) is 0 Å². The maximum absolute atomic E-state index is 10.6. The first-order chi connectivity index (χ1) is 13.2. The van der Waals surface area contributed by atoms with Gasteiger partial charge in [0.05, 0.1) is 6.10 Å². The molecule has 1 saturated carbocycles. The Hall–Kier alpha value is -1.58. The van der Waals surface area contributed by atoms with Crippen LogP contribution in [0.25, 0.3) is 0 Å². The molecule has 0 saturated heterocycles. The van der Waals surface area contributed by atoms with Crippen LogP contribution in [0.1, 0.15) is 51.4 Å². The lowest BCUT2D eigenvalue weighted by molar-refractivity contribution is 0.132. The summed E-state index contributed by atoms with van der Waals surface area (Å²) in [6.45, 7) is 1.63. The van der Waals surface area contributed by atoms with Crippen molar-refractivity contribution < 1.29 is 5.11 Å². The van der Waals surface area contributed by atoms with Crippen molar-refractivity contribution in [2.24, 2.45) is 0 Å². The van der Waals surface area contributed by atoms with Crippen molar-refractivity contribution in [2.75, 3.05) is 32.1 Å². The van der Waals surface area contributed by atoms with Gasteiger partial charge in [-0.15, -0.1) is 0 Å². The lowest BCUT2D eigenvalue weighted by atomic mass is 9.95. The Morgan fingerprint density at radius 3 is 1.96 bits per heavy atom. The van der Waals surface area contributed by atoms with E-state index < -0.39 is 0 Å². The van der Waals surface area contributed by atoms with Crippen molar-refractivity contribution in [3.8, 4) is 0 Å². The molecule has 0 heterocycles. The zero-order valence-corrected chi connectivity index (χ0v) is 17.3. The third-order valence-corrected chi connectivity index (χ3v) is 5.64. The molecule has 1 aliphatic carbocycles. The molecule has 0 bridgehead atoms. The van der Waals surface area contributed by atoms with E-state index in [0.717, 1.165) is 18.7 Å². The van der Waals surface area contributed by atoms with Gasteiger partial charge in [-0.2, -0.15) is 0 Å². The van der Waals surface area contributed by atoms with Crippen molar-refractivity contribution in [3.63, 3.8) is 0 Å². The van der Waals surface area contributed by atoms with E-state index in [4.69, 9.17) is 0 Å². The molecule has 1 atom stereocenters. The molecule has 1 fully saturated rings. The van der Waals surface area contributed by atoms with Crippen molar-refractivity contribution in [2.45, 2.75) is 63.5 Å². The smallest absolute Gasteiger partial charge is 0.0727 e. The Labute approximate surface area is 166 Å². The summed E-state index contributed by atoms with van der Waals surface area (Å²) in [5.41, 5.74) is 1.11. The average Bonchev–Trinajstić information content (AvgIpc) is 2.63. The third-order valence-electron chi connectivity index (χ3n) is 5.64. The van der Waals surface area contributed by atoms with Gasteiger partial charge in [0.2, 0.25) is 0 Å². The Morgan fingerprint density at radius 1 is 0.852 bits per heavy atom. The largest absolute Gasteiger partial charge is 0.391 e. The van der Waals surface area contributed by atoms with Crippen molar-refractivity contribution >= 4 is 5.69 Å². The highest BCUT2D eigenvalue weighted by Crippen LogP contribution is 2.21. The first-order valence-corrected chi connectivity index (χ1v) is 10.6. The molecule has 150 valence electrons. The molecule has 1 aliphatic rings. The zero-order chi connectivity index (χ0) is 19.3. The van der Waals surface area contributed by atoms with Crippen LogP contribution in [0.5, 0.6) is 0 Å². The molecular formula is C24H38N2O. The third kappa shape index (κ3) is 8.77. The van der Waals surface area contributed by atoms with Crippen LogP contribution in [0.3, 0.4) is 0 Å². The van der Waals surface area contributed by atoms with E-state index in [9.17, 15) is 5.11 Å². The second kappa shape index (κ2) is 12.7. The second-order valence-corrected chi connectivity index (χ2v) is 7.91. The summed E-state index contributed by atoms with van der Waals surface area (Å²) in [6.07, 6.45) is 10.1. The van der Waals surface area contributed by atoms with E-state index in [0.29, 0.717) is 12.6 Å². The standard InChI is InChI=1S/C24H38N2O/c1-25(22-15-11-9-6-10-12-16-22)20-19-24(27)21-26(2)23-17-13-7-4-3-5-8-14-18-23/h3-5,7-8,13-14,17-18,22,24,27H,6,9-12,15-16,19-21H2,1-2H3. The van der Waals surface area contributed by atoms with Crippen LogP contribution < -0.4 is 4.90 Å². The van der Waals surface area contributed by atoms with Gasteiger partial charge >= 0.3 is 0 Å². The van der Waals surface area contributed by atoms with Gasteiger partial charge in [0.25, 0.3) is 0 Å². The summed E-state index contributed by atoms with van der Waals surface area (Å²) in [4.78, 5) is 4.62. The minimum atomic E-state index is -0.310. The summed E-state index contributed by atoms with van der Waals surface area (Å²) >= 11 is 0. The van der Waals surface area contributed by atoms with Crippen LogP contribution in [-0.4, -0.2) is 49.3 Å². The van der Waals surface area contributed by atoms with Crippen molar-refractivity contribution in [1.82, 2.24) is 4.90 Å². The fourth-order valence-electron chi connectivity index (χ4n) is 3.86. The van der Waals surface area contributed by atoms with E-state index in [2.05, 4.69) is 36.0 Å². The maximum atomic E-state index is 10.6. The molecule has 3 heteroatoms. The van der Waals surface area contributed by atoms with E-state index in [1.54, 1.807) is 0 Å². The highest BCUT2D eigenvalue weighted by Gasteiger charge is 2.17. The van der Waals surface area contributed by atoms with E-state index in [1.165, 1.54) is 44.9 Å². The first-order valence-electron chi connectivity index (χ1n) is 10.6. The van der Waals surface area contributed by atoms with E-state index in [1.807, 2.05) is 42.5 Å². The minimum Gasteiger partial charge on any atom is -0.391 e. The Bertz CT molecular complexity index is 543.